The second-order valence-corrected chi connectivity index (χ2v) is 18.8. The highest BCUT2D eigenvalue weighted by Gasteiger charge is 2.23. The molecule has 380 valence electrons. The van der Waals surface area contributed by atoms with Gasteiger partial charge in [-0.1, -0.05) is 180 Å². The maximum absolute atomic E-state index is 12.9. The fourth-order valence-electron chi connectivity index (χ4n) is 7.48. The third-order valence-electron chi connectivity index (χ3n) is 11.6. The van der Waals surface area contributed by atoms with Gasteiger partial charge in [0.25, 0.3) is 11.8 Å². The minimum atomic E-state index is -1.34. The van der Waals surface area contributed by atoms with E-state index in [1.165, 1.54) is 152 Å². The first kappa shape index (κ1) is 62.6. The summed E-state index contributed by atoms with van der Waals surface area (Å²) >= 11 is 1.40. The van der Waals surface area contributed by atoms with Crippen LogP contribution >= 0.6 is 11.8 Å². The number of nitrogens with one attached hydrogen (secondary N) is 2. The molecule has 0 aliphatic heterocycles. The third-order valence-corrected chi connectivity index (χ3v) is 12.9. The maximum atomic E-state index is 12.9. The predicted molar refractivity (Wildman–Crippen MR) is 260 cm³/mol. The Labute approximate surface area is 407 Å². The molecule has 0 spiro atoms. The zero-order valence-corrected chi connectivity index (χ0v) is 42.3. The minimum Gasteiger partial charge on any atom is -1.00 e. The first-order valence-corrected chi connectivity index (χ1v) is 26.5. The molecule has 1 aromatic carbocycles. The summed E-state index contributed by atoms with van der Waals surface area (Å²) in [6, 6.07) is 4.30. The molecule has 1 rings (SSSR count). The topological polar surface area (TPSA) is 213 Å². The standard InChI is InChI=1S/C51H87N3O10S.ClH/c1-3-5-7-9-11-13-15-17-19-21-23-25-27-29-47(57)63-38-43(64-48(58)30-28-26-24-22-20-18-16-14-12-10-8-6-4-2)39-65-40-44(52)50(60)53-37-41-31-33-42(34-32-41)49(59)54-45(51(61)62)35-36-46(55)56;/h31-34,43-45H,3-30,35-40,52H2,1-2H3,(H,53,60)(H,54,59)(H,55,56)(H,61,62);1H/t43-,44+,45+;/m1./s1. The van der Waals surface area contributed by atoms with Gasteiger partial charge in [0.05, 0.1) is 5.75 Å². The van der Waals surface area contributed by atoms with Crippen molar-refractivity contribution in [3.8, 4) is 0 Å². The summed E-state index contributed by atoms with van der Waals surface area (Å²) < 4.78 is 11.4. The van der Waals surface area contributed by atoms with Crippen LogP contribution < -0.4 is 28.8 Å². The number of carbonyl (C=O) groups is 6. The van der Waals surface area contributed by atoms with Crippen LogP contribution in [0.15, 0.2) is 24.3 Å². The number of carboxylic acid groups (broad SMARTS) is 2. The van der Waals surface area contributed by atoms with Crippen molar-refractivity contribution in [2.45, 2.75) is 231 Å². The Morgan fingerprint density at radius 2 is 1.05 bits per heavy atom. The molecular formula is C51H88ClN3O10S. The molecule has 3 atom stereocenters. The molecule has 2 amide bonds. The molecule has 15 heteroatoms. The van der Waals surface area contributed by atoms with Crippen LogP contribution in [0.1, 0.15) is 222 Å². The minimum absolute atomic E-state index is 0. The molecule has 0 radical (unpaired) electrons. The Kier molecular flexibility index (Phi) is 40.8. The number of carbonyl (C=O) groups excluding carboxylic acids is 4. The van der Waals surface area contributed by atoms with Crippen molar-refractivity contribution in [2.75, 3.05) is 18.1 Å². The first-order chi connectivity index (χ1) is 31.5. The zero-order valence-electron chi connectivity index (χ0n) is 40.7. The summed E-state index contributed by atoms with van der Waals surface area (Å²) in [6.07, 6.45) is 31.1. The van der Waals surface area contributed by atoms with Crippen LogP contribution in [0.3, 0.4) is 0 Å². The maximum Gasteiger partial charge on any atom is 0.326 e. The van der Waals surface area contributed by atoms with Crippen LogP contribution in [0, 0.1) is 0 Å². The first-order valence-electron chi connectivity index (χ1n) is 25.3. The van der Waals surface area contributed by atoms with Crippen molar-refractivity contribution >= 4 is 47.5 Å². The Morgan fingerprint density at radius 1 is 0.606 bits per heavy atom. The number of amides is 2. The van der Waals surface area contributed by atoms with E-state index in [9.17, 15) is 33.9 Å². The molecule has 0 unspecified atom stereocenters. The quantitative estimate of drug-likeness (QED) is 0.0328. The van der Waals surface area contributed by atoms with Crippen molar-refractivity contribution in [1.82, 2.24) is 10.6 Å². The summed E-state index contributed by atoms with van der Waals surface area (Å²) in [5, 5.41) is 23.4. The molecule has 0 aliphatic rings. The summed E-state index contributed by atoms with van der Waals surface area (Å²) in [4.78, 5) is 73.4. The number of unbranched alkanes of at least 4 members (excludes halogenated alkanes) is 24. The van der Waals surface area contributed by atoms with Crippen LogP contribution in [-0.2, 0) is 40.0 Å². The van der Waals surface area contributed by atoms with Crippen LogP contribution in [0.4, 0.5) is 0 Å². The number of hydrogen-bond donors (Lipinski definition) is 5. The van der Waals surface area contributed by atoms with E-state index in [1.807, 2.05) is 0 Å². The molecule has 0 fully saturated rings. The number of ether oxygens (including phenoxy) is 2. The van der Waals surface area contributed by atoms with E-state index < -0.39 is 42.5 Å². The van der Waals surface area contributed by atoms with Crippen molar-refractivity contribution < 1.29 is 66.6 Å². The van der Waals surface area contributed by atoms with E-state index in [1.54, 1.807) is 12.1 Å². The Morgan fingerprint density at radius 3 is 1.48 bits per heavy atom. The van der Waals surface area contributed by atoms with Gasteiger partial charge in [-0.05, 0) is 37.0 Å². The van der Waals surface area contributed by atoms with Gasteiger partial charge >= 0.3 is 23.9 Å². The lowest BCUT2D eigenvalue weighted by Crippen LogP contribution is -3.00. The zero-order chi connectivity index (χ0) is 47.8. The second-order valence-electron chi connectivity index (χ2n) is 17.7. The second kappa shape index (κ2) is 43.0. The van der Waals surface area contributed by atoms with Crippen LogP contribution in [0.2, 0.25) is 0 Å². The Bertz CT molecular complexity index is 1440. The number of esters is 2. The highest BCUT2D eigenvalue weighted by molar-refractivity contribution is 7.99. The van der Waals surface area contributed by atoms with E-state index in [0.717, 1.165) is 38.5 Å². The normalized spacial score (nSPS) is 12.3. The molecule has 1 aromatic rings. The molecule has 0 bridgehead atoms. The van der Waals surface area contributed by atoms with Crippen LogP contribution in [-0.4, -0.2) is 82.2 Å². The number of aliphatic carboxylic acids is 2. The Hall–Kier alpha value is -3.36. The lowest BCUT2D eigenvalue weighted by molar-refractivity contribution is -0.396. The van der Waals surface area contributed by atoms with E-state index >= 15 is 0 Å². The molecule has 66 heavy (non-hydrogen) atoms. The molecule has 0 aromatic heterocycles. The van der Waals surface area contributed by atoms with Gasteiger partial charge in [0.1, 0.15) is 18.8 Å². The highest BCUT2D eigenvalue weighted by atomic mass is 35.5. The number of rotatable bonds is 44. The number of quaternary nitrogens is 1. The summed E-state index contributed by atoms with van der Waals surface area (Å²) in [5.74, 6) is -3.33. The largest absolute Gasteiger partial charge is 1.00 e. The molecule has 13 nitrogen and oxygen atoms in total. The van der Waals surface area contributed by atoms with E-state index in [2.05, 4.69) is 30.2 Å². The van der Waals surface area contributed by atoms with Crippen molar-refractivity contribution in [3.63, 3.8) is 0 Å². The van der Waals surface area contributed by atoms with Crippen LogP contribution in [0.25, 0.3) is 0 Å². The van der Waals surface area contributed by atoms with Gasteiger partial charge in [-0.25, -0.2) is 4.79 Å². The van der Waals surface area contributed by atoms with Gasteiger partial charge in [-0.2, -0.15) is 11.8 Å². The number of thioether (sulfide) groups is 1. The van der Waals surface area contributed by atoms with E-state index in [0.29, 0.717) is 29.9 Å². The molecule has 0 saturated carbocycles. The number of hydrogen-bond acceptors (Lipinski definition) is 9. The molecular weight excluding hydrogens is 882 g/mol. The van der Waals surface area contributed by atoms with Crippen LogP contribution in [0.5, 0.6) is 0 Å². The molecule has 0 heterocycles. The lowest BCUT2D eigenvalue weighted by Gasteiger charge is -2.18. The van der Waals surface area contributed by atoms with Crippen molar-refractivity contribution in [3.05, 3.63) is 35.4 Å². The van der Waals surface area contributed by atoms with Gasteiger partial charge < -0.3 is 48.5 Å². The fraction of sp³-hybridized carbons (Fsp3) is 0.765. The highest BCUT2D eigenvalue weighted by Crippen LogP contribution is 2.17. The third kappa shape index (κ3) is 35.8. The SMILES string of the molecule is CCCCCCCCCCCCCCCC(=O)OC[C@H](CSC[C@H]([NH3+])C(=O)NCc1ccc(C(=O)N[C@@H](CCC(=O)O)C(=O)O)cc1)OC(=O)CCCCCCCCCCCCCCC.[Cl-]. The molecule has 7 N–H and O–H groups in total. The average molecular weight is 971 g/mol. The van der Waals surface area contributed by atoms with E-state index in [-0.39, 0.29) is 55.4 Å². The number of halogens is 1. The summed E-state index contributed by atoms with van der Waals surface area (Å²) in [5.41, 5.74) is 4.90. The smallest absolute Gasteiger partial charge is 0.326 e. The summed E-state index contributed by atoms with van der Waals surface area (Å²) in [7, 11) is 0. The monoisotopic (exact) mass is 970 g/mol. The summed E-state index contributed by atoms with van der Waals surface area (Å²) in [6.45, 7) is 4.63. The fourth-order valence-corrected chi connectivity index (χ4v) is 8.48. The predicted octanol–water partition coefficient (Wildman–Crippen LogP) is 7.12. The van der Waals surface area contributed by atoms with Gasteiger partial charge in [0, 0.05) is 37.1 Å². The van der Waals surface area contributed by atoms with Crippen molar-refractivity contribution in [1.29, 1.82) is 0 Å². The number of benzene rings is 1. The van der Waals surface area contributed by atoms with Gasteiger partial charge in [-0.15, -0.1) is 0 Å². The molecule has 0 aliphatic carbocycles. The van der Waals surface area contributed by atoms with Gasteiger partial charge in [-0.3, -0.25) is 24.0 Å². The molecule has 0 saturated heterocycles. The lowest BCUT2D eigenvalue weighted by atomic mass is 10.0. The van der Waals surface area contributed by atoms with Gasteiger partial charge in [0.15, 0.2) is 6.04 Å². The van der Waals surface area contributed by atoms with Crippen molar-refractivity contribution in [2.24, 2.45) is 0 Å². The number of carboxylic acids is 2. The van der Waals surface area contributed by atoms with E-state index in [4.69, 9.17) is 14.6 Å². The average Bonchev–Trinajstić information content (AvgIpc) is 3.28. The van der Waals surface area contributed by atoms with Gasteiger partial charge in [0.2, 0.25) is 0 Å². The Balaban J connectivity index is 0.0000422.